The van der Waals surface area contributed by atoms with Gasteiger partial charge in [0.25, 0.3) is 0 Å². The van der Waals surface area contributed by atoms with E-state index < -0.39 is 0 Å². The lowest BCUT2D eigenvalue weighted by Gasteiger charge is -1.88. The van der Waals surface area contributed by atoms with E-state index in [-0.39, 0.29) is 0 Å². The molecule has 0 fully saturated rings. The zero-order chi connectivity index (χ0) is 11.6. The number of rotatable bonds is 0. The van der Waals surface area contributed by atoms with Crippen molar-refractivity contribution in [3.63, 3.8) is 0 Å². The van der Waals surface area contributed by atoms with Crippen LogP contribution in [0.2, 0.25) is 0 Å². The Morgan fingerprint density at radius 2 is 0.938 bits per heavy atom. The molecule has 80 valence electrons. The van der Waals surface area contributed by atoms with E-state index >= 15 is 0 Å². The standard InChI is InChI=1S/C14H10.H4OSi/c1-3-7-13(8-4-1)11-12-14-9-5-2-6-10-14;1-2/h1-10H;1H,2H3. The van der Waals surface area contributed by atoms with Crippen LogP contribution in [0.1, 0.15) is 11.1 Å². The topological polar surface area (TPSA) is 20.2 Å². The van der Waals surface area contributed by atoms with Gasteiger partial charge in [-0.05, 0) is 24.3 Å². The molecule has 0 spiro atoms. The number of hydrogen-bond acceptors (Lipinski definition) is 1. The first-order valence-electron chi connectivity index (χ1n) is 5.02. The first-order chi connectivity index (χ1) is 7.95. The third kappa shape index (κ3) is 4.14. The van der Waals surface area contributed by atoms with Crippen LogP contribution in [-0.2, 0) is 0 Å². The van der Waals surface area contributed by atoms with Crippen molar-refractivity contribution < 1.29 is 4.80 Å². The van der Waals surface area contributed by atoms with Gasteiger partial charge in [0.15, 0.2) is 0 Å². The fourth-order valence-corrected chi connectivity index (χ4v) is 1.19. The molecule has 0 atom stereocenters. The first kappa shape index (κ1) is 12.2. The number of benzene rings is 2. The fraction of sp³-hybridized carbons (Fsp3) is 0. The minimum absolute atomic E-state index is 0.306. The molecule has 0 bridgehead atoms. The normalized spacial score (nSPS) is 8.31. The van der Waals surface area contributed by atoms with Crippen molar-refractivity contribution in [1.82, 2.24) is 0 Å². The molecule has 0 aliphatic rings. The zero-order valence-electron chi connectivity index (χ0n) is 9.22. The molecule has 0 aliphatic carbocycles. The summed E-state index contributed by atoms with van der Waals surface area (Å²) in [5.41, 5.74) is 2.10. The Kier molecular flexibility index (Phi) is 5.72. The minimum Gasteiger partial charge on any atom is -0.442 e. The van der Waals surface area contributed by atoms with Crippen molar-refractivity contribution >= 4 is 10.5 Å². The van der Waals surface area contributed by atoms with Crippen molar-refractivity contribution in [2.75, 3.05) is 0 Å². The van der Waals surface area contributed by atoms with Crippen LogP contribution in [0.25, 0.3) is 0 Å². The van der Waals surface area contributed by atoms with E-state index in [2.05, 4.69) is 11.8 Å². The van der Waals surface area contributed by atoms with E-state index in [0.717, 1.165) is 11.1 Å². The second kappa shape index (κ2) is 7.47. The molecule has 0 amide bonds. The monoisotopic (exact) mass is 226 g/mol. The van der Waals surface area contributed by atoms with E-state index in [1.807, 2.05) is 60.7 Å². The molecular formula is C14H14OSi. The third-order valence-corrected chi connectivity index (χ3v) is 1.90. The highest BCUT2D eigenvalue weighted by molar-refractivity contribution is 5.95. The second-order valence-corrected chi connectivity index (χ2v) is 2.98. The van der Waals surface area contributed by atoms with E-state index in [1.54, 1.807) is 0 Å². The fourth-order valence-electron chi connectivity index (χ4n) is 1.19. The van der Waals surface area contributed by atoms with Crippen LogP contribution in [0.4, 0.5) is 0 Å². The summed E-state index contributed by atoms with van der Waals surface area (Å²) < 4.78 is 0. The van der Waals surface area contributed by atoms with Crippen LogP contribution in [0.15, 0.2) is 60.7 Å². The van der Waals surface area contributed by atoms with E-state index in [0.29, 0.717) is 10.5 Å². The highest BCUT2D eigenvalue weighted by atomic mass is 28.2. The van der Waals surface area contributed by atoms with Crippen LogP contribution in [0.5, 0.6) is 0 Å². The molecule has 0 heterocycles. The van der Waals surface area contributed by atoms with Gasteiger partial charge in [-0.3, -0.25) is 0 Å². The van der Waals surface area contributed by atoms with Crippen LogP contribution in [-0.4, -0.2) is 15.3 Å². The quantitative estimate of drug-likeness (QED) is 0.531. The smallest absolute Gasteiger partial charge is 0.141 e. The van der Waals surface area contributed by atoms with Crippen LogP contribution in [0.3, 0.4) is 0 Å². The lowest BCUT2D eigenvalue weighted by Crippen LogP contribution is -1.73. The Morgan fingerprint density at radius 1 is 0.625 bits per heavy atom. The largest absolute Gasteiger partial charge is 0.442 e. The molecule has 1 N–H and O–H groups in total. The molecule has 2 aromatic rings. The van der Waals surface area contributed by atoms with E-state index in [9.17, 15) is 0 Å². The molecule has 16 heavy (non-hydrogen) atoms. The first-order valence-corrected chi connectivity index (χ1v) is 5.91. The van der Waals surface area contributed by atoms with Gasteiger partial charge in [0, 0.05) is 11.1 Å². The van der Waals surface area contributed by atoms with Crippen molar-refractivity contribution in [3.05, 3.63) is 71.8 Å². The molecule has 1 nitrogen and oxygen atoms in total. The van der Waals surface area contributed by atoms with Crippen molar-refractivity contribution in [2.45, 2.75) is 0 Å². The summed E-state index contributed by atoms with van der Waals surface area (Å²) in [5.74, 6) is 6.22. The van der Waals surface area contributed by atoms with Crippen molar-refractivity contribution in [3.8, 4) is 11.8 Å². The van der Waals surface area contributed by atoms with Crippen LogP contribution < -0.4 is 0 Å². The lowest BCUT2D eigenvalue weighted by atomic mass is 10.2. The van der Waals surface area contributed by atoms with Crippen molar-refractivity contribution in [2.24, 2.45) is 0 Å². The predicted octanol–water partition coefficient (Wildman–Crippen LogP) is 1.35. The Hall–Kier alpha value is -1.82. The maximum absolute atomic E-state index is 7.14. The van der Waals surface area contributed by atoms with Gasteiger partial charge in [0.2, 0.25) is 0 Å². The Morgan fingerprint density at radius 3 is 1.25 bits per heavy atom. The molecule has 0 unspecified atom stereocenters. The second-order valence-electron chi connectivity index (χ2n) is 2.98. The summed E-state index contributed by atoms with van der Waals surface area (Å²) in [7, 11) is 0.306. The Bertz CT molecular complexity index is 411. The van der Waals surface area contributed by atoms with Gasteiger partial charge >= 0.3 is 0 Å². The van der Waals surface area contributed by atoms with Crippen molar-refractivity contribution in [1.29, 1.82) is 0 Å². The Balaban J connectivity index is 0.000000606. The molecule has 2 rings (SSSR count). The molecule has 2 aromatic carbocycles. The minimum atomic E-state index is 0.306. The van der Waals surface area contributed by atoms with E-state index in [4.69, 9.17) is 4.80 Å². The summed E-state index contributed by atoms with van der Waals surface area (Å²) in [6.45, 7) is 0. The van der Waals surface area contributed by atoms with Crippen LogP contribution in [0, 0.1) is 11.8 Å². The molecule has 0 saturated carbocycles. The average Bonchev–Trinajstić information content (AvgIpc) is 2.41. The van der Waals surface area contributed by atoms with Gasteiger partial charge in [0.05, 0.1) is 0 Å². The van der Waals surface area contributed by atoms with Gasteiger partial charge in [-0.25, -0.2) is 0 Å². The number of hydrogen-bond donors (Lipinski definition) is 1. The SMILES string of the molecule is C(#Cc1ccccc1)c1ccccc1.O[SiH3]. The molecule has 0 aromatic heterocycles. The molecule has 2 heteroatoms. The maximum Gasteiger partial charge on any atom is 0.141 e. The highest BCUT2D eigenvalue weighted by Gasteiger charge is 1.83. The maximum atomic E-state index is 7.14. The molecular weight excluding hydrogens is 212 g/mol. The van der Waals surface area contributed by atoms with E-state index in [1.165, 1.54) is 0 Å². The highest BCUT2D eigenvalue weighted by Crippen LogP contribution is 1.98. The van der Waals surface area contributed by atoms with Gasteiger partial charge in [-0.1, -0.05) is 48.2 Å². The van der Waals surface area contributed by atoms with Crippen LogP contribution >= 0.6 is 0 Å². The zero-order valence-corrected chi connectivity index (χ0v) is 11.2. The molecule has 0 aliphatic heterocycles. The summed E-state index contributed by atoms with van der Waals surface area (Å²) in [4.78, 5) is 7.14. The summed E-state index contributed by atoms with van der Waals surface area (Å²) in [6.07, 6.45) is 0. The van der Waals surface area contributed by atoms with Gasteiger partial charge < -0.3 is 4.80 Å². The Labute approximate surface area is 99.3 Å². The summed E-state index contributed by atoms with van der Waals surface area (Å²) in [6, 6.07) is 20.0. The summed E-state index contributed by atoms with van der Waals surface area (Å²) in [5, 5.41) is 0. The predicted molar refractivity (Wildman–Crippen MR) is 71.0 cm³/mol. The average molecular weight is 226 g/mol. The molecule has 0 radical (unpaired) electrons. The third-order valence-electron chi connectivity index (χ3n) is 1.90. The van der Waals surface area contributed by atoms with Gasteiger partial charge in [-0.2, -0.15) is 0 Å². The summed E-state index contributed by atoms with van der Waals surface area (Å²) >= 11 is 0. The molecule has 0 saturated heterocycles. The lowest BCUT2D eigenvalue weighted by molar-refractivity contribution is 0.629. The van der Waals surface area contributed by atoms with Gasteiger partial charge in [-0.15, -0.1) is 0 Å². The van der Waals surface area contributed by atoms with Gasteiger partial charge in [0.1, 0.15) is 10.5 Å².